The second kappa shape index (κ2) is 8.90. The number of esters is 1. The fraction of sp³-hybridized carbons (Fsp3) is 0.400. The summed E-state index contributed by atoms with van der Waals surface area (Å²) in [6, 6.07) is 9.95. The lowest BCUT2D eigenvalue weighted by Crippen LogP contribution is -2.50. The molecule has 3 rings (SSSR count). The molecule has 0 aliphatic carbocycles. The first kappa shape index (κ1) is 19.2. The summed E-state index contributed by atoms with van der Waals surface area (Å²) in [7, 11) is 0. The number of nitrogens with zero attached hydrogens (tertiary/aromatic N) is 3. The Morgan fingerprint density at radius 1 is 1.33 bits per heavy atom. The van der Waals surface area contributed by atoms with Gasteiger partial charge < -0.3 is 9.64 Å². The normalized spacial score (nSPS) is 20.0. The maximum Gasteiger partial charge on any atom is 0.314 e. The van der Waals surface area contributed by atoms with E-state index in [4.69, 9.17) is 4.74 Å². The van der Waals surface area contributed by atoms with Gasteiger partial charge in [-0.1, -0.05) is 47.0 Å². The van der Waals surface area contributed by atoms with E-state index in [-0.39, 0.29) is 11.9 Å². The average molecular weight is 385 g/mol. The molecule has 1 fully saturated rings. The lowest BCUT2D eigenvalue weighted by atomic mass is 9.76. The third kappa shape index (κ3) is 4.60. The van der Waals surface area contributed by atoms with Crippen molar-refractivity contribution in [3.8, 4) is 0 Å². The first-order chi connectivity index (χ1) is 13.1. The third-order valence-electron chi connectivity index (χ3n) is 4.77. The first-order valence-corrected chi connectivity index (χ1v) is 9.93. The topological polar surface area (TPSA) is 72.4 Å². The van der Waals surface area contributed by atoms with Gasteiger partial charge in [-0.3, -0.25) is 9.59 Å². The molecule has 1 aliphatic rings. The van der Waals surface area contributed by atoms with Gasteiger partial charge in [-0.15, -0.1) is 5.10 Å². The van der Waals surface area contributed by atoms with Crippen molar-refractivity contribution in [2.24, 2.45) is 5.41 Å². The van der Waals surface area contributed by atoms with Crippen LogP contribution >= 0.6 is 11.5 Å². The van der Waals surface area contributed by atoms with Crippen LogP contribution in [0.1, 0.15) is 42.2 Å². The van der Waals surface area contributed by atoms with Crippen LogP contribution < -0.4 is 0 Å². The summed E-state index contributed by atoms with van der Waals surface area (Å²) in [4.78, 5) is 27.2. The molecule has 0 N–H and O–H groups in total. The molecule has 2 heterocycles. The summed E-state index contributed by atoms with van der Waals surface area (Å²) in [6.45, 7) is 3.08. The molecule has 142 valence electrons. The Morgan fingerprint density at radius 3 is 2.85 bits per heavy atom. The maximum atomic E-state index is 12.8. The van der Waals surface area contributed by atoms with E-state index >= 15 is 0 Å². The number of aromatic nitrogens is 2. The van der Waals surface area contributed by atoms with Gasteiger partial charge in [0.05, 0.1) is 12.0 Å². The van der Waals surface area contributed by atoms with Gasteiger partial charge in [-0.05, 0) is 43.3 Å². The highest BCUT2D eigenvalue weighted by Gasteiger charge is 2.44. The molecule has 1 aromatic carbocycles. The maximum absolute atomic E-state index is 12.8. The molecular weight excluding hydrogens is 362 g/mol. The van der Waals surface area contributed by atoms with Crippen molar-refractivity contribution in [3.05, 3.63) is 53.0 Å². The van der Waals surface area contributed by atoms with Crippen molar-refractivity contribution in [3.63, 3.8) is 0 Å². The summed E-state index contributed by atoms with van der Waals surface area (Å²) in [5.74, 6) is -0.416. The molecule has 1 saturated heterocycles. The van der Waals surface area contributed by atoms with E-state index in [0.29, 0.717) is 38.2 Å². The third-order valence-corrected chi connectivity index (χ3v) is 5.27. The zero-order valence-electron chi connectivity index (χ0n) is 15.3. The van der Waals surface area contributed by atoms with Gasteiger partial charge in [0, 0.05) is 18.5 Å². The van der Waals surface area contributed by atoms with Gasteiger partial charge >= 0.3 is 5.97 Å². The number of hydrogen-bond acceptors (Lipinski definition) is 6. The van der Waals surface area contributed by atoms with Crippen LogP contribution in [0.15, 0.2) is 41.8 Å². The number of ether oxygens (including phenoxy) is 1. The van der Waals surface area contributed by atoms with Gasteiger partial charge in [0.25, 0.3) is 5.91 Å². The zero-order chi connectivity index (χ0) is 19.1. The number of rotatable bonds is 6. The Morgan fingerprint density at radius 2 is 2.15 bits per heavy atom. The summed E-state index contributed by atoms with van der Waals surface area (Å²) < 4.78 is 9.13. The predicted molar refractivity (Wildman–Crippen MR) is 104 cm³/mol. The largest absolute Gasteiger partial charge is 0.466 e. The minimum absolute atomic E-state index is 0.177. The highest BCUT2D eigenvalue weighted by molar-refractivity contribution is 7.03. The zero-order valence-corrected chi connectivity index (χ0v) is 16.2. The lowest BCUT2D eigenvalue weighted by molar-refractivity contribution is -0.158. The van der Waals surface area contributed by atoms with Gasteiger partial charge in [-0.25, -0.2) is 0 Å². The van der Waals surface area contributed by atoms with Crippen molar-refractivity contribution in [2.45, 2.75) is 26.2 Å². The van der Waals surface area contributed by atoms with Crippen molar-refractivity contribution < 1.29 is 14.3 Å². The van der Waals surface area contributed by atoms with Crippen LogP contribution in [0.25, 0.3) is 6.08 Å². The molecule has 1 aliphatic heterocycles. The monoisotopic (exact) mass is 385 g/mol. The van der Waals surface area contributed by atoms with E-state index in [0.717, 1.165) is 23.5 Å². The second-order valence-electron chi connectivity index (χ2n) is 6.64. The predicted octanol–water partition coefficient (Wildman–Crippen LogP) is 3.43. The number of carbonyl (C=O) groups is 2. The molecule has 0 bridgehead atoms. The van der Waals surface area contributed by atoms with E-state index in [1.165, 1.54) is 0 Å². The van der Waals surface area contributed by atoms with Gasteiger partial charge in [0.1, 0.15) is 0 Å². The van der Waals surface area contributed by atoms with Crippen LogP contribution in [0.5, 0.6) is 0 Å². The van der Waals surface area contributed by atoms with E-state index in [9.17, 15) is 9.59 Å². The van der Waals surface area contributed by atoms with Crippen molar-refractivity contribution in [1.29, 1.82) is 0 Å². The summed E-state index contributed by atoms with van der Waals surface area (Å²) in [5.41, 5.74) is 0.687. The van der Waals surface area contributed by atoms with E-state index in [1.54, 1.807) is 17.2 Å². The molecule has 7 heteroatoms. The fourth-order valence-electron chi connectivity index (χ4n) is 3.41. The first-order valence-electron chi connectivity index (χ1n) is 9.10. The fourth-order valence-corrected chi connectivity index (χ4v) is 3.84. The lowest BCUT2D eigenvalue weighted by Gasteiger charge is -2.40. The average Bonchev–Trinajstić information content (AvgIpc) is 3.23. The summed E-state index contributed by atoms with van der Waals surface area (Å²) in [6.07, 6.45) is 5.99. The number of piperidine rings is 1. The Balaban J connectivity index is 1.78. The van der Waals surface area contributed by atoms with Crippen molar-refractivity contribution in [2.75, 3.05) is 19.7 Å². The van der Waals surface area contributed by atoms with Crippen LogP contribution in [-0.4, -0.2) is 46.1 Å². The minimum atomic E-state index is -0.724. The van der Waals surface area contributed by atoms with Gasteiger partial charge in [0.15, 0.2) is 5.69 Å². The van der Waals surface area contributed by atoms with Crippen LogP contribution in [0.4, 0.5) is 0 Å². The van der Waals surface area contributed by atoms with Crippen LogP contribution in [0, 0.1) is 5.41 Å². The summed E-state index contributed by atoms with van der Waals surface area (Å²) in [5, 5.41) is 5.51. The molecule has 0 spiro atoms. The van der Waals surface area contributed by atoms with Crippen molar-refractivity contribution >= 4 is 29.5 Å². The quantitative estimate of drug-likeness (QED) is 0.713. The van der Waals surface area contributed by atoms with Crippen LogP contribution in [0.2, 0.25) is 0 Å². The van der Waals surface area contributed by atoms with Crippen molar-refractivity contribution in [1.82, 2.24) is 14.5 Å². The van der Waals surface area contributed by atoms with E-state index in [2.05, 4.69) is 9.59 Å². The van der Waals surface area contributed by atoms with Crippen LogP contribution in [0.3, 0.4) is 0 Å². The molecule has 6 nitrogen and oxygen atoms in total. The SMILES string of the molecule is CCOC(=O)C1(C/C=C/c2ccccc2)CCCN(C(=O)c2csnn2)C1. The number of amides is 1. The number of benzene rings is 1. The number of hydrogen-bond donors (Lipinski definition) is 0. The smallest absolute Gasteiger partial charge is 0.314 e. The highest BCUT2D eigenvalue weighted by Crippen LogP contribution is 2.36. The van der Waals surface area contributed by atoms with E-state index < -0.39 is 5.41 Å². The number of carbonyl (C=O) groups excluding carboxylic acids is 2. The van der Waals surface area contributed by atoms with Gasteiger partial charge in [0.2, 0.25) is 0 Å². The highest BCUT2D eigenvalue weighted by atomic mass is 32.1. The molecule has 1 aromatic heterocycles. The Hall–Kier alpha value is -2.54. The number of likely N-dealkylation sites (tertiary alicyclic amines) is 1. The molecule has 1 atom stereocenters. The number of allylic oxidation sites excluding steroid dienone is 1. The Kier molecular flexibility index (Phi) is 6.34. The Labute approximate surface area is 163 Å². The molecule has 0 saturated carbocycles. The molecular formula is C20H23N3O3S. The summed E-state index contributed by atoms with van der Waals surface area (Å²) >= 11 is 1.15. The van der Waals surface area contributed by atoms with E-state index in [1.807, 2.05) is 42.5 Å². The second-order valence-corrected chi connectivity index (χ2v) is 7.25. The standard InChI is InChI=1S/C20H23N3O3S/c1-2-26-19(25)20(11-6-10-16-8-4-3-5-9-16)12-7-13-23(15-20)18(24)17-14-27-22-21-17/h3-6,8-10,14H,2,7,11-13,15H2,1H3/b10-6+. The molecule has 2 aromatic rings. The van der Waals surface area contributed by atoms with Gasteiger partial charge in [-0.2, -0.15) is 0 Å². The molecule has 1 unspecified atom stereocenters. The molecule has 27 heavy (non-hydrogen) atoms. The molecule has 1 amide bonds. The molecule has 0 radical (unpaired) electrons. The Bertz CT molecular complexity index is 792. The van der Waals surface area contributed by atoms with Crippen LogP contribution in [-0.2, 0) is 9.53 Å². The minimum Gasteiger partial charge on any atom is -0.466 e.